The highest BCUT2D eigenvalue weighted by Crippen LogP contribution is 1.99. The predicted molar refractivity (Wildman–Crippen MR) is 62.3 cm³/mol. The number of carboxylic acids is 1. The first kappa shape index (κ1) is 14.7. The van der Waals surface area contributed by atoms with Crippen molar-refractivity contribution in [3.8, 4) is 0 Å². The Bertz CT molecular complexity index is 231. The summed E-state index contributed by atoms with van der Waals surface area (Å²) in [7, 11) is 0. The van der Waals surface area contributed by atoms with Gasteiger partial charge in [-0.15, -0.1) is 0 Å². The van der Waals surface area contributed by atoms with E-state index in [2.05, 4.69) is 17.6 Å². The predicted octanol–water partition coefficient (Wildman–Crippen LogP) is 1.59. The average molecular weight is 230 g/mol. The Kier molecular flexibility index (Phi) is 7.33. The number of hydrogen-bond acceptors (Lipinski definition) is 2. The highest BCUT2D eigenvalue weighted by atomic mass is 16.4. The van der Waals surface area contributed by atoms with E-state index in [0.717, 1.165) is 19.3 Å². The molecule has 0 aliphatic rings. The molecule has 0 bridgehead atoms. The van der Waals surface area contributed by atoms with Gasteiger partial charge < -0.3 is 15.7 Å². The number of unbranched alkanes of at least 4 members (excludes halogenated alkanes) is 1. The zero-order valence-electron chi connectivity index (χ0n) is 10.2. The lowest BCUT2D eigenvalue weighted by Crippen LogP contribution is -2.43. The first-order valence-electron chi connectivity index (χ1n) is 5.74. The molecule has 0 fully saturated rings. The molecule has 16 heavy (non-hydrogen) atoms. The molecule has 3 N–H and O–H groups in total. The molecule has 0 aliphatic heterocycles. The highest BCUT2D eigenvalue weighted by molar-refractivity contribution is 5.75. The standard InChI is InChI=1S/C11H22N2O3/c1-4-5-6-9(3)13-11(16)12-7-8(2)10(14)15/h8-9H,4-7H2,1-3H3,(H,14,15)(H2,12,13,16). The lowest BCUT2D eigenvalue weighted by molar-refractivity contribution is -0.140. The fraction of sp³-hybridized carbons (Fsp3) is 0.818. The van der Waals surface area contributed by atoms with Crippen molar-refractivity contribution >= 4 is 12.0 Å². The van der Waals surface area contributed by atoms with Crippen LogP contribution in [0.3, 0.4) is 0 Å². The number of aliphatic carboxylic acids is 1. The van der Waals surface area contributed by atoms with Crippen LogP contribution in [0.2, 0.25) is 0 Å². The van der Waals surface area contributed by atoms with Crippen LogP contribution in [0.4, 0.5) is 4.79 Å². The first-order chi connectivity index (χ1) is 7.47. The largest absolute Gasteiger partial charge is 0.481 e. The van der Waals surface area contributed by atoms with E-state index in [4.69, 9.17) is 5.11 Å². The van der Waals surface area contributed by atoms with Crippen LogP contribution in [-0.2, 0) is 4.79 Å². The molecule has 2 unspecified atom stereocenters. The first-order valence-corrected chi connectivity index (χ1v) is 5.74. The van der Waals surface area contributed by atoms with Gasteiger partial charge in [0.1, 0.15) is 0 Å². The van der Waals surface area contributed by atoms with E-state index in [9.17, 15) is 9.59 Å². The van der Waals surface area contributed by atoms with E-state index >= 15 is 0 Å². The van der Waals surface area contributed by atoms with E-state index in [-0.39, 0.29) is 18.6 Å². The molecular weight excluding hydrogens is 208 g/mol. The van der Waals surface area contributed by atoms with Crippen LogP contribution in [0.1, 0.15) is 40.0 Å². The maximum absolute atomic E-state index is 11.3. The van der Waals surface area contributed by atoms with Gasteiger partial charge in [0, 0.05) is 12.6 Å². The lowest BCUT2D eigenvalue weighted by Gasteiger charge is -2.15. The van der Waals surface area contributed by atoms with Crippen LogP contribution in [0.5, 0.6) is 0 Å². The summed E-state index contributed by atoms with van der Waals surface area (Å²) < 4.78 is 0. The van der Waals surface area contributed by atoms with Gasteiger partial charge in [0.25, 0.3) is 0 Å². The van der Waals surface area contributed by atoms with Crippen molar-refractivity contribution in [1.82, 2.24) is 10.6 Å². The maximum Gasteiger partial charge on any atom is 0.315 e. The molecule has 0 rings (SSSR count). The molecule has 0 saturated carbocycles. The second-order valence-corrected chi connectivity index (χ2v) is 4.14. The Morgan fingerprint density at radius 1 is 1.31 bits per heavy atom. The van der Waals surface area contributed by atoms with Gasteiger partial charge in [-0.05, 0) is 13.3 Å². The zero-order valence-corrected chi connectivity index (χ0v) is 10.2. The lowest BCUT2D eigenvalue weighted by atomic mass is 10.1. The van der Waals surface area contributed by atoms with Crippen LogP contribution in [-0.4, -0.2) is 29.7 Å². The van der Waals surface area contributed by atoms with Crippen LogP contribution >= 0.6 is 0 Å². The van der Waals surface area contributed by atoms with Gasteiger partial charge in [0.2, 0.25) is 0 Å². The number of amides is 2. The summed E-state index contributed by atoms with van der Waals surface area (Å²) in [5, 5.41) is 13.9. The number of nitrogens with one attached hydrogen (secondary N) is 2. The normalized spacial score (nSPS) is 13.9. The van der Waals surface area contributed by atoms with Crippen LogP contribution in [0, 0.1) is 5.92 Å². The summed E-state index contributed by atoms with van der Waals surface area (Å²) in [6.07, 6.45) is 3.12. The van der Waals surface area contributed by atoms with E-state index in [1.165, 1.54) is 0 Å². The smallest absolute Gasteiger partial charge is 0.315 e. The molecule has 0 radical (unpaired) electrons. The quantitative estimate of drug-likeness (QED) is 0.621. The summed E-state index contributed by atoms with van der Waals surface area (Å²) in [4.78, 5) is 21.8. The summed E-state index contributed by atoms with van der Waals surface area (Å²) in [5.41, 5.74) is 0. The van der Waals surface area contributed by atoms with E-state index in [0.29, 0.717) is 0 Å². The summed E-state index contributed by atoms with van der Waals surface area (Å²) in [6, 6.07) is -0.170. The fourth-order valence-electron chi connectivity index (χ4n) is 1.19. The van der Waals surface area contributed by atoms with Gasteiger partial charge in [0.15, 0.2) is 0 Å². The Balaban J connectivity index is 3.69. The van der Waals surface area contributed by atoms with Gasteiger partial charge in [-0.1, -0.05) is 26.7 Å². The number of urea groups is 1. The number of carbonyl (C=O) groups excluding carboxylic acids is 1. The second-order valence-electron chi connectivity index (χ2n) is 4.14. The van der Waals surface area contributed by atoms with Crippen molar-refractivity contribution in [1.29, 1.82) is 0 Å². The maximum atomic E-state index is 11.3. The minimum Gasteiger partial charge on any atom is -0.481 e. The SMILES string of the molecule is CCCCC(C)NC(=O)NCC(C)C(=O)O. The minimum atomic E-state index is -0.903. The second kappa shape index (κ2) is 7.96. The van der Waals surface area contributed by atoms with Gasteiger partial charge in [-0.3, -0.25) is 4.79 Å². The number of carboxylic acid groups (broad SMARTS) is 1. The Morgan fingerprint density at radius 2 is 1.94 bits per heavy atom. The monoisotopic (exact) mass is 230 g/mol. The van der Waals surface area contributed by atoms with Gasteiger partial charge >= 0.3 is 12.0 Å². The average Bonchev–Trinajstić information content (AvgIpc) is 2.22. The molecule has 0 saturated heterocycles. The Labute approximate surface area is 96.6 Å². The van der Waals surface area contributed by atoms with Crippen LogP contribution < -0.4 is 10.6 Å². The van der Waals surface area contributed by atoms with Crippen molar-refractivity contribution < 1.29 is 14.7 Å². The topological polar surface area (TPSA) is 78.4 Å². The summed E-state index contributed by atoms with van der Waals surface area (Å²) >= 11 is 0. The molecule has 94 valence electrons. The van der Waals surface area contributed by atoms with E-state index in [1.807, 2.05) is 6.92 Å². The molecule has 5 nitrogen and oxygen atoms in total. The molecule has 0 aromatic heterocycles. The zero-order chi connectivity index (χ0) is 12.6. The van der Waals surface area contributed by atoms with Crippen molar-refractivity contribution in [3.63, 3.8) is 0 Å². The molecule has 0 aromatic rings. The van der Waals surface area contributed by atoms with Gasteiger partial charge in [-0.25, -0.2) is 4.79 Å². The van der Waals surface area contributed by atoms with Crippen LogP contribution in [0.15, 0.2) is 0 Å². The molecule has 0 aliphatic carbocycles. The van der Waals surface area contributed by atoms with E-state index < -0.39 is 11.9 Å². The number of carbonyl (C=O) groups is 2. The van der Waals surface area contributed by atoms with Crippen LogP contribution in [0.25, 0.3) is 0 Å². The molecule has 2 atom stereocenters. The number of rotatable bonds is 7. The van der Waals surface area contributed by atoms with Crippen molar-refractivity contribution in [3.05, 3.63) is 0 Å². The molecule has 5 heteroatoms. The van der Waals surface area contributed by atoms with Crippen molar-refractivity contribution in [2.45, 2.75) is 46.1 Å². The summed E-state index contributed by atoms with van der Waals surface area (Å²) in [5.74, 6) is -1.46. The Hall–Kier alpha value is -1.26. The molecule has 0 spiro atoms. The van der Waals surface area contributed by atoms with E-state index in [1.54, 1.807) is 6.92 Å². The molecular formula is C11H22N2O3. The van der Waals surface area contributed by atoms with Gasteiger partial charge in [-0.2, -0.15) is 0 Å². The third kappa shape index (κ3) is 7.09. The summed E-state index contributed by atoms with van der Waals surface area (Å²) in [6.45, 7) is 5.75. The fourth-order valence-corrected chi connectivity index (χ4v) is 1.19. The third-order valence-electron chi connectivity index (χ3n) is 2.36. The molecule has 0 heterocycles. The van der Waals surface area contributed by atoms with Gasteiger partial charge in [0.05, 0.1) is 5.92 Å². The third-order valence-corrected chi connectivity index (χ3v) is 2.36. The Morgan fingerprint density at radius 3 is 2.44 bits per heavy atom. The molecule has 2 amide bonds. The van der Waals surface area contributed by atoms with Crippen molar-refractivity contribution in [2.75, 3.05) is 6.54 Å². The molecule has 0 aromatic carbocycles. The highest BCUT2D eigenvalue weighted by Gasteiger charge is 2.12. The minimum absolute atomic E-state index is 0.125. The number of hydrogen-bond donors (Lipinski definition) is 3. The van der Waals surface area contributed by atoms with Crippen molar-refractivity contribution in [2.24, 2.45) is 5.92 Å².